The molecule has 3 heteroatoms. The smallest absolute Gasteiger partial charge is 0.105 e. The topological polar surface area (TPSA) is 60.7 Å². The molecule has 0 aromatic carbocycles. The van der Waals surface area contributed by atoms with Crippen LogP contribution in [0.25, 0.3) is 0 Å². The van der Waals surface area contributed by atoms with Crippen molar-refractivity contribution >= 4 is 0 Å². The fraction of sp³-hybridized carbons (Fsp3) is 0.500. The summed E-state index contributed by atoms with van der Waals surface area (Å²) in [4.78, 5) is 0. The molecule has 2 atom stereocenters. The van der Waals surface area contributed by atoms with Crippen LogP contribution in [-0.4, -0.2) is 34.1 Å². The lowest BCUT2D eigenvalue weighted by Gasteiger charge is -2.20. The first-order valence-corrected chi connectivity index (χ1v) is 3.60. The Labute approximate surface area is 65.3 Å². The zero-order chi connectivity index (χ0) is 8.27. The van der Waals surface area contributed by atoms with E-state index >= 15 is 0 Å². The number of aliphatic hydroxyl groups is 3. The molecule has 0 saturated carbocycles. The van der Waals surface area contributed by atoms with Gasteiger partial charge in [-0.15, -0.1) is 0 Å². The van der Waals surface area contributed by atoms with Gasteiger partial charge in [0.1, 0.15) is 12.2 Å². The molecule has 0 unspecified atom stereocenters. The number of hydrogen-bond donors (Lipinski definition) is 3. The van der Waals surface area contributed by atoms with E-state index in [1.165, 1.54) is 6.08 Å². The van der Waals surface area contributed by atoms with Crippen LogP contribution < -0.4 is 0 Å². The molecule has 0 saturated heterocycles. The molecule has 0 heterocycles. The molecule has 0 fully saturated rings. The molecule has 3 nitrogen and oxygen atoms in total. The minimum atomic E-state index is -0.841. The summed E-state index contributed by atoms with van der Waals surface area (Å²) >= 11 is 0. The van der Waals surface area contributed by atoms with E-state index in [0.29, 0.717) is 12.0 Å². The van der Waals surface area contributed by atoms with Crippen LogP contribution >= 0.6 is 0 Å². The lowest BCUT2D eigenvalue weighted by Crippen LogP contribution is -2.28. The van der Waals surface area contributed by atoms with E-state index in [2.05, 4.69) is 0 Å². The van der Waals surface area contributed by atoms with E-state index in [9.17, 15) is 5.11 Å². The minimum absolute atomic E-state index is 0.00343. The Morgan fingerprint density at radius 2 is 2.09 bits per heavy atom. The monoisotopic (exact) mass is 156 g/mol. The highest BCUT2D eigenvalue weighted by atomic mass is 16.3. The van der Waals surface area contributed by atoms with Crippen LogP contribution in [0.4, 0.5) is 0 Å². The normalized spacial score (nSPS) is 30.3. The van der Waals surface area contributed by atoms with Crippen LogP contribution in [0.5, 0.6) is 0 Å². The van der Waals surface area contributed by atoms with E-state index in [1.54, 1.807) is 12.2 Å². The maximum Gasteiger partial charge on any atom is 0.105 e. The highest BCUT2D eigenvalue weighted by molar-refractivity contribution is 5.25. The number of hydrogen-bond acceptors (Lipinski definition) is 3. The van der Waals surface area contributed by atoms with E-state index < -0.39 is 12.2 Å². The Hall–Kier alpha value is -0.640. The number of aliphatic hydroxyl groups excluding tert-OH is 3. The van der Waals surface area contributed by atoms with E-state index in [0.717, 1.165) is 0 Å². The molecule has 11 heavy (non-hydrogen) atoms. The zero-order valence-corrected chi connectivity index (χ0v) is 6.14. The molecule has 3 N–H and O–H groups in total. The lowest BCUT2D eigenvalue weighted by atomic mass is 9.97. The summed E-state index contributed by atoms with van der Waals surface area (Å²) in [6, 6.07) is 0. The summed E-state index contributed by atoms with van der Waals surface area (Å²) in [7, 11) is 0. The predicted octanol–water partition coefficient (Wildman–Crippen LogP) is -0.413. The highest BCUT2D eigenvalue weighted by Crippen LogP contribution is 2.16. The molecule has 0 bridgehead atoms. The lowest BCUT2D eigenvalue weighted by molar-refractivity contribution is 0.0674. The SMILES string of the molecule is OCCC1=CC=C[C@@H](O)[C@H]1O. The second kappa shape index (κ2) is 3.67. The Bertz CT molecular complexity index is 184. The molecule has 62 valence electrons. The molecule has 0 spiro atoms. The molecule has 1 aliphatic rings. The first kappa shape index (κ1) is 8.46. The van der Waals surface area contributed by atoms with Crippen LogP contribution in [0.2, 0.25) is 0 Å². The second-order valence-corrected chi connectivity index (χ2v) is 2.54. The molecular formula is C8H12O3. The van der Waals surface area contributed by atoms with Gasteiger partial charge in [-0.2, -0.15) is 0 Å². The van der Waals surface area contributed by atoms with Crippen molar-refractivity contribution in [2.45, 2.75) is 18.6 Å². The van der Waals surface area contributed by atoms with Crippen LogP contribution in [0.3, 0.4) is 0 Å². The van der Waals surface area contributed by atoms with E-state index in [4.69, 9.17) is 10.2 Å². The van der Waals surface area contributed by atoms with E-state index in [-0.39, 0.29) is 6.61 Å². The van der Waals surface area contributed by atoms with Gasteiger partial charge >= 0.3 is 0 Å². The molecule has 0 aromatic rings. The van der Waals surface area contributed by atoms with Crippen molar-refractivity contribution < 1.29 is 15.3 Å². The van der Waals surface area contributed by atoms with E-state index in [1.807, 2.05) is 0 Å². The largest absolute Gasteiger partial charge is 0.396 e. The Balaban J connectivity index is 2.62. The third-order valence-electron chi connectivity index (χ3n) is 1.72. The van der Waals surface area contributed by atoms with Crippen LogP contribution in [0, 0.1) is 0 Å². The maximum atomic E-state index is 9.29. The summed E-state index contributed by atoms with van der Waals surface area (Å²) in [6.07, 6.45) is 3.68. The van der Waals surface area contributed by atoms with Gasteiger partial charge < -0.3 is 15.3 Å². The standard InChI is InChI=1S/C8H12O3/c9-5-4-6-2-1-3-7(10)8(6)11/h1-3,7-11H,4-5H2/t7-,8+/m1/s1. The summed E-state index contributed by atoms with van der Waals surface area (Å²) < 4.78 is 0. The van der Waals surface area contributed by atoms with Gasteiger partial charge in [0, 0.05) is 6.61 Å². The third-order valence-corrected chi connectivity index (χ3v) is 1.72. The quantitative estimate of drug-likeness (QED) is 0.509. The first-order chi connectivity index (χ1) is 5.25. The summed E-state index contributed by atoms with van der Waals surface area (Å²) in [5.41, 5.74) is 0.683. The molecule has 1 rings (SSSR count). The summed E-state index contributed by atoms with van der Waals surface area (Å²) in [5, 5.41) is 27.0. The van der Waals surface area contributed by atoms with Crippen molar-refractivity contribution in [1.82, 2.24) is 0 Å². The van der Waals surface area contributed by atoms with Gasteiger partial charge in [-0.3, -0.25) is 0 Å². The fourth-order valence-electron chi connectivity index (χ4n) is 1.08. The van der Waals surface area contributed by atoms with Gasteiger partial charge in [0.25, 0.3) is 0 Å². The number of rotatable bonds is 2. The fourth-order valence-corrected chi connectivity index (χ4v) is 1.08. The number of allylic oxidation sites excluding steroid dienone is 2. The average molecular weight is 156 g/mol. The average Bonchev–Trinajstić information content (AvgIpc) is 1.99. The van der Waals surface area contributed by atoms with Gasteiger partial charge in [0.2, 0.25) is 0 Å². The van der Waals surface area contributed by atoms with Crippen molar-refractivity contribution in [2.75, 3.05) is 6.61 Å². The minimum Gasteiger partial charge on any atom is -0.396 e. The van der Waals surface area contributed by atoms with Crippen molar-refractivity contribution in [3.63, 3.8) is 0 Å². The molecule has 0 radical (unpaired) electrons. The molecule has 0 aromatic heterocycles. The maximum absolute atomic E-state index is 9.29. The molecule has 1 aliphatic carbocycles. The first-order valence-electron chi connectivity index (χ1n) is 3.60. The molecule has 0 aliphatic heterocycles. The van der Waals surface area contributed by atoms with Crippen molar-refractivity contribution in [1.29, 1.82) is 0 Å². The Morgan fingerprint density at radius 3 is 2.73 bits per heavy atom. The Morgan fingerprint density at radius 1 is 1.36 bits per heavy atom. The van der Waals surface area contributed by atoms with Gasteiger partial charge in [-0.25, -0.2) is 0 Å². The van der Waals surface area contributed by atoms with Crippen molar-refractivity contribution in [3.05, 3.63) is 23.8 Å². The molecular weight excluding hydrogens is 144 g/mol. The van der Waals surface area contributed by atoms with Crippen LogP contribution in [0.1, 0.15) is 6.42 Å². The van der Waals surface area contributed by atoms with Gasteiger partial charge in [-0.1, -0.05) is 18.2 Å². The van der Waals surface area contributed by atoms with Gasteiger partial charge in [0.05, 0.1) is 0 Å². The molecule has 0 amide bonds. The van der Waals surface area contributed by atoms with Crippen LogP contribution in [-0.2, 0) is 0 Å². The Kier molecular flexibility index (Phi) is 2.82. The van der Waals surface area contributed by atoms with Crippen molar-refractivity contribution in [3.8, 4) is 0 Å². The summed E-state index contributed by atoms with van der Waals surface area (Å²) in [6.45, 7) is 0.00343. The highest BCUT2D eigenvalue weighted by Gasteiger charge is 2.19. The second-order valence-electron chi connectivity index (χ2n) is 2.54. The zero-order valence-electron chi connectivity index (χ0n) is 6.14. The van der Waals surface area contributed by atoms with Gasteiger partial charge in [0.15, 0.2) is 0 Å². The summed E-state index contributed by atoms with van der Waals surface area (Å²) in [5.74, 6) is 0. The van der Waals surface area contributed by atoms with Crippen LogP contribution in [0.15, 0.2) is 23.8 Å². The third kappa shape index (κ3) is 1.89. The van der Waals surface area contributed by atoms with Gasteiger partial charge in [-0.05, 0) is 12.0 Å². The van der Waals surface area contributed by atoms with Crippen molar-refractivity contribution in [2.24, 2.45) is 0 Å². The predicted molar refractivity (Wildman–Crippen MR) is 40.9 cm³/mol.